The molecule has 0 radical (unpaired) electrons. The van der Waals surface area contributed by atoms with Crippen molar-refractivity contribution in [3.8, 4) is 0 Å². The van der Waals surface area contributed by atoms with E-state index >= 15 is 0 Å². The minimum Gasteiger partial charge on any atom is -0.0885 e. The quantitative estimate of drug-likeness (QED) is 0.409. The van der Waals surface area contributed by atoms with Crippen LogP contribution in [0.5, 0.6) is 0 Å². The van der Waals surface area contributed by atoms with Crippen molar-refractivity contribution in [1.29, 1.82) is 0 Å². The highest BCUT2D eigenvalue weighted by Crippen LogP contribution is 2.70. The molecule has 0 amide bonds. The van der Waals surface area contributed by atoms with Gasteiger partial charge in [-0.05, 0) is 78.4 Å². The Hall–Kier alpha value is -0.0400. The van der Waals surface area contributed by atoms with Crippen LogP contribution in [0.1, 0.15) is 66.2 Å². The van der Waals surface area contributed by atoms with Crippen LogP contribution in [0.3, 0.4) is 0 Å². The number of halogens is 1. The fraction of sp³-hybridized carbons (Fsp3) is 0.818. The van der Waals surface area contributed by atoms with Crippen LogP contribution in [0.4, 0.5) is 0 Å². The van der Waals surface area contributed by atoms with Crippen LogP contribution in [0.25, 0.3) is 0 Å². The van der Waals surface area contributed by atoms with Gasteiger partial charge in [0.15, 0.2) is 0 Å². The molecule has 0 aromatic rings. The summed E-state index contributed by atoms with van der Waals surface area (Å²) >= 11 is 4.03. The van der Waals surface area contributed by atoms with Gasteiger partial charge in [-0.2, -0.15) is 0 Å². The van der Waals surface area contributed by atoms with Crippen molar-refractivity contribution in [2.75, 3.05) is 0 Å². The lowest BCUT2D eigenvalue weighted by Crippen LogP contribution is -2.60. The maximum atomic E-state index is 4.03. The van der Waals surface area contributed by atoms with Crippen LogP contribution in [-0.4, -0.2) is 4.83 Å². The van der Waals surface area contributed by atoms with Crippen LogP contribution in [0, 0.1) is 39.9 Å². The Labute approximate surface area is 151 Å². The lowest BCUT2D eigenvalue weighted by atomic mass is 9.38. The minimum atomic E-state index is 0.438. The van der Waals surface area contributed by atoms with Crippen LogP contribution in [0.15, 0.2) is 24.3 Å². The predicted octanol–water partition coefficient (Wildman–Crippen LogP) is 6.76. The summed E-state index contributed by atoms with van der Waals surface area (Å²) in [6, 6.07) is 0. The third-order valence-corrected chi connectivity index (χ3v) is 10.4. The van der Waals surface area contributed by atoms with Crippen molar-refractivity contribution in [2.45, 2.75) is 71.0 Å². The molecule has 0 aromatic heterocycles. The Morgan fingerprint density at radius 3 is 2.26 bits per heavy atom. The molecule has 4 unspecified atom stereocenters. The summed E-state index contributed by atoms with van der Waals surface area (Å²) in [5.74, 6) is 3.38. The normalized spacial score (nSPS) is 54.0. The zero-order valence-electron chi connectivity index (χ0n) is 15.3. The van der Waals surface area contributed by atoms with Gasteiger partial charge in [0.05, 0.1) is 0 Å². The fourth-order valence-electron chi connectivity index (χ4n) is 7.61. The summed E-state index contributed by atoms with van der Waals surface area (Å²) in [4.78, 5) is 0.700. The highest BCUT2D eigenvalue weighted by atomic mass is 79.9. The van der Waals surface area contributed by atoms with E-state index in [0.717, 1.165) is 23.7 Å². The topological polar surface area (TPSA) is 0 Å². The van der Waals surface area contributed by atoms with Gasteiger partial charge in [0.25, 0.3) is 0 Å². The molecule has 3 saturated carbocycles. The van der Waals surface area contributed by atoms with E-state index in [9.17, 15) is 0 Å². The zero-order chi connectivity index (χ0) is 16.5. The number of allylic oxidation sites excluding steroid dienone is 4. The van der Waals surface area contributed by atoms with Gasteiger partial charge in [0.2, 0.25) is 0 Å². The summed E-state index contributed by atoms with van der Waals surface area (Å²) in [5, 5.41) is 0. The van der Waals surface area contributed by atoms with E-state index in [0.29, 0.717) is 21.1 Å². The number of hydrogen-bond acceptors (Lipinski definition) is 0. The summed E-state index contributed by atoms with van der Waals surface area (Å²) in [6.45, 7) is 10.4. The molecular formula is C22H33Br. The standard InChI is InChI=1S/C22H33Br/c1-20(2)17-11-13-21(3)16-8-6-5-7-15(16)9-10-18(21)22(17,4)14-12-19(20)23/h5-8,15-19H,9-14H2,1-4H3/t15?,16?,17?,18?,19-,21-,22-/m0/s1. The highest BCUT2D eigenvalue weighted by molar-refractivity contribution is 9.09. The molecule has 4 aliphatic rings. The van der Waals surface area contributed by atoms with Gasteiger partial charge in [0, 0.05) is 4.83 Å². The maximum Gasteiger partial charge on any atom is 0.0200 e. The van der Waals surface area contributed by atoms with Gasteiger partial charge in [-0.1, -0.05) is 67.9 Å². The maximum absolute atomic E-state index is 4.03. The molecule has 23 heavy (non-hydrogen) atoms. The van der Waals surface area contributed by atoms with E-state index in [1.165, 1.54) is 38.5 Å². The summed E-state index contributed by atoms with van der Waals surface area (Å²) in [5.41, 5.74) is 1.50. The Bertz CT molecular complexity index is 544. The lowest BCUT2D eigenvalue weighted by Gasteiger charge is -2.67. The predicted molar refractivity (Wildman–Crippen MR) is 103 cm³/mol. The van der Waals surface area contributed by atoms with Crippen LogP contribution in [0.2, 0.25) is 0 Å². The first-order chi connectivity index (χ1) is 10.8. The first kappa shape index (κ1) is 16.4. The van der Waals surface area contributed by atoms with E-state index in [2.05, 4.69) is 67.9 Å². The molecule has 4 rings (SSSR count). The van der Waals surface area contributed by atoms with E-state index in [4.69, 9.17) is 0 Å². The third-order valence-electron chi connectivity index (χ3n) is 8.80. The number of fused-ring (bicyclic) bond motifs is 5. The average Bonchev–Trinajstić information content (AvgIpc) is 2.51. The molecule has 4 aliphatic carbocycles. The first-order valence-electron chi connectivity index (χ1n) is 9.79. The van der Waals surface area contributed by atoms with Crippen LogP contribution < -0.4 is 0 Å². The molecule has 3 fully saturated rings. The minimum absolute atomic E-state index is 0.438. The number of hydrogen-bond donors (Lipinski definition) is 0. The molecule has 0 saturated heterocycles. The largest absolute Gasteiger partial charge is 0.0885 e. The Morgan fingerprint density at radius 2 is 1.48 bits per heavy atom. The molecular weight excluding hydrogens is 344 g/mol. The van der Waals surface area contributed by atoms with Gasteiger partial charge in [-0.3, -0.25) is 0 Å². The molecule has 0 spiro atoms. The zero-order valence-corrected chi connectivity index (χ0v) is 16.9. The van der Waals surface area contributed by atoms with Crippen LogP contribution >= 0.6 is 15.9 Å². The van der Waals surface area contributed by atoms with Gasteiger partial charge >= 0.3 is 0 Å². The fourth-order valence-corrected chi connectivity index (χ4v) is 8.16. The monoisotopic (exact) mass is 376 g/mol. The first-order valence-corrected chi connectivity index (χ1v) is 10.7. The Morgan fingerprint density at radius 1 is 0.783 bits per heavy atom. The molecule has 0 heterocycles. The second-order valence-corrected chi connectivity index (χ2v) is 11.1. The third kappa shape index (κ3) is 2.14. The van der Waals surface area contributed by atoms with E-state index in [-0.39, 0.29) is 0 Å². The number of alkyl halides is 1. The van der Waals surface area contributed by atoms with Gasteiger partial charge in [-0.15, -0.1) is 0 Å². The molecule has 0 nitrogen and oxygen atoms in total. The highest BCUT2D eigenvalue weighted by Gasteiger charge is 2.62. The van der Waals surface area contributed by atoms with E-state index in [1.54, 1.807) is 0 Å². The summed E-state index contributed by atoms with van der Waals surface area (Å²) in [7, 11) is 0. The molecule has 7 atom stereocenters. The summed E-state index contributed by atoms with van der Waals surface area (Å²) < 4.78 is 0. The second-order valence-electron chi connectivity index (χ2n) is 10.0. The molecule has 0 aromatic carbocycles. The molecule has 0 aliphatic heterocycles. The van der Waals surface area contributed by atoms with Gasteiger partial charge < -0.3 is 0 Å². The second kappa shape index (κ2) is 5.23. The average molecular weight is 377 g/mol. The van der Waals surface area contributed by atoms with Crippen molar-refractivity contribution in [3.05, 3.63) is 24.3 Å². The van der Waals surface area contributed by atoms with Crippen molar-refractivity contribution in [1.82, 2.24) is 0 Å². The molecule has 1 heteroatoms. The van der Waals surface area contributed by atoms with Gasteiger partial charge in [0.1, 0.15) is 0 Å². The Balaban J connectivity index is 1.73. The smallest absolute Gasteiger partial charge is 0.0200 e. The SMILES string of the molecule is CC1(C)C2CC[C@@]3(C)C4C=CC=CC4CCC3[C@@]2(C)CC[C@@H]1Br. The van der Waals surface area contributed by atoms with E-state index < -0.39 is 0 Å². The Kier molecular flexibility index (Phi) is 3.73. The van der Waals surface area contributed by atoms with Crippen molar-refractivity contribution in [3.63, 3.8) is 0 Å². The van der Waals surface area contributed by atoms with E-state index in [1.807, 2.05) is 0 Å². The van der Waals surface area contributed by atoms with Crippen molar-refractivity contribution >= 4 is 15.9 Å². The van der Waals surface area contributed by atoms with Gasteiger partial charge in [-0.25, -0.2) is 0 Å². The van der Waals surface area contributed by atoms with Crippen molar-refractivity contribution in [2.24, 2.45) is 39.9 Å². The molecule has 128 valence electrons. The lowest BCUT2D eigenvalue weighted by molar-refractivity contribution is -0.160. The van der Waals surface area contributed by atoms with Crippen molar-refractivity contribution < 1.29 is 0 Å². The molecule has 0 bridgehead atoms. The number of rotatable bonds is 0. The summed E-state index contributed by atoms with van der Waals surface area (Å²) in [6.07, 6.45) is 18.2. The van der Waals surface area contributed by atoms with Crippen LogP contribution in [-0.2, 0) is 0 Å². The molecule has 0 N–H and O–H groups in total.